The van der Waals surface area contributed by atoms with Crippen LogP contribution >= 0.6 is 0 Å². The van der Waals surface area contributed by atoms with Gasteiger partial charge >= 0.3 is 0 Å². The third kappa shape index (κ3) is 3.79. The molecule has 2 bridgehead atoms. The van der Waals surface area contributed by atoms with Gasteiger partial charge in [0.25, 0.3) is 0 Å². The first-order valence-corrected chi connectivity index (χ1v) is 12.4. The van der Waals surface area contributed by atoms with Crippen molar-refractivity contribution in [1.82, 2.24) is 30.1 Å². The van der Waals surface area contributed by atoms with E-state index in [0.29, 0.717) is 28.5 Å². The summed E-state index contributed by atoms with van der Waals surface area (Å²) >= 11 is 0. The normalized spacial score (nSPS) is 21.6. The molecule has 6 heterocycles. The molecule has 10 nitrogen and oxygen atoms in total. The maximum Gasteiger partial charge on any atom is 0.231 e. The lowest BCUT2D eigenvalue weighted by Crippen LogP contribution is -2.52. The van der Waals surface area contributed by atoms with E-state index in [4.69, 9.17) is 19.9 Å². The molecule has 2 N–H and O–H groups in total. The molecule has 8 rings (SSSR count). The van der Waals surface area contributed by atoms with Crippen LogP contribution in [0.5, 0.6) is 17.2 Å². The second-order valence-corrected chi connectivity index (χ2v) is 9.64. The number of benzene rings is 2. The summed E-state index contributed by atoms with van der Waals surface area (Å²) in [6, 6.07) is 10.0. The highest BCUT2D eigenvalue weighted by Gasteiger charge is 2.36. The smallest absolute Gasteiger partial charge is 0.231 e. The Morgan fingerprint density at radius 1 is 0.974 bits per heavy atom. The van der Waals surface area contributed by atoms with Crippen molar-refractivity contribution in [3.05, 3.63) is 54.2 Å². The molecule has 12 heteroatoms. The van der Waals surface area contributed by atoms with Crippen LogP contribution in [0.2, 0.25) is 0 Å². The summed E-state index contributed by atoms with van der Waals surface area (Å²) in [5.74, 6) is -0.456. The molecule has 1 atom stereocenters. The zero-order chi connectivity index (χ0) is 25.8. The SMILES string of the molecule is Nc1ncc(-c2ccc3c(c2)OCO3)cc1-c1nnnn1-c1ccc(OC2CN3CCC2CC3)c(F)c1F. The van der Waals surface area contributed by atoms with E-state index in [2.05, 4.69) is 25.4 Å². The Kier molecular flexibility index (Phi) is 5.36. The number of halogens is 2. The summed E-state index contributed by atoms with van der Waals surface area (Å²) in [5, 5.41) is 11.6. The van der Waals surface area contributed by atoms with Crippen molar-refractivity contribution < 1.29 is 23.0 Å². The Hall–Kier alpha value is -4.32. The molecule has 0 radical (unpaired) electrons. The third-order valence-electron chi connectivity index (χ3n) is 7.46. The number of nitrogens with two attached hydrogens (primary N) is 1. The predicted octanol–water partition coefficient (Wildman–Crippen LogP) is 3.45. The lowest BCUT2D eigenvalue weighted by Gasteiger charge is -2.44. The lowest BCUT2D eigenvalue weighted by atomic mass is 9.86. The average molecular weight is 520 g/mol. The molecule has 0 saturated carbocycles. The van der Waals surface area contributed by atoms with Crippen molar-refractivity contribution in [2.24, 2.45) is 5.92 Å². The largest absolute Gasteiger partial charge is 0.486 e. The number of ether oxygens (including phenoxy) is 3. The van der Waals surface area contributed by atoms with Crippen LogP contribution < -0.4 is 19.9 Å². The van der Waals surface area contributed by atoms with Gasteiger partial charge in [-0.2, -0.15) is 9.07 Å². The molecule has 2 aromatic heterocycles. The molecule has 1 unspecified atom stereocenters. The molecule has 0 amide bonds. The van der Waals surface area contributed by atoms with Crippen molar-refractivity contribution >= 4 is 5.82 Å². The van der Waals surface area contributed by atoms with Gasteiger partial charge in [0.2, 0.25) is 12.6 Å². The standard InChI is InChI=1S/C26H23F2N7O3/c27-23-18(2-4-20(24(23)28)38-22-12-34-7-5-14(22)6-8-34)35-26(31-32-33-35)17-9-16(11-30-25(17)29)15-1-3-19-21(10-15)37-13-36-19/h1-4,9-11,14,22H,5-8,12-13H2,(H2,29,30). The summed E-state index contributed by atoms with van der Waals surface area (Å²) in [4.78, 5) is 6.57. The fourth-order valence-corrected chi connectivity index (χ4v) is 5.39. The number of tetrazole rings is 1. The Morgan fingerprint density at radius 3 is 2.63 bits per heavy atom. The third-order valence-corrected chi connectivity index (χ3v) is 7.46. The Morgan fingerprint density at radius 2 is 1.82 bits per heavy atom. The maximum atomic E-state index is 15.4. The fourth-order valence-electron chi connectivity index (χ4n) is 5.39. The molecule has 2 aromatic carbocycles. The minimum atomic E-state index is -1.12. The number of pyridine rings is 1. The lowest BCUT2D eigenvalue weighted by molar-refractivity contribution is -0.00977. The Labute approximate surface area is 215 Å². The van der Waals surface area contributed by atoms with Crippen LogP contribution in [0.25, 0.3) is 28.2 Å². The summed E-state index contributed by atoms with van der Waals surface area (Å²) in [5.41, 5.74) is 7.86. The number of aromatic nitrogens is 5. The van der Waals surface area contributed by atoms with E-state index in [1.54, 1.807) is 18.3 Å². The van der Waals surface area contributed by atoms with Gasteiger partial charge in [0, 0.05) is 18.3 Å². The molecule has 0 aliphatic carbocycles. The van der Waals surface area contributed by atoms with E-state index in [1.807, 2.05) is 12.1 Å². The summed E-state index contributed by atoms with van der Waals surface area (Å²) < 4.78 is 48.5. The molecule has 4 aromatic rings. The Bertz CT molecular complexity index is 1540. The van der Waals surface area contributed by atoms with Crippen molar-refractivity contribution in [1.29, 1.82) is 0 Å². The predicted molar refractivity (Wildman–Crippen MR) is 132 cm³/mol. The van der Waals surface area contributed by atoms with Gasteiger partial charge in [0.1, 0.15) is 17.6 Å². The van der Waals surface area contributed by atoms with Gasteiger partial charge in [0.05, 0.1) is 5.56 Å². The molecular formula is C26H23F2N7O3. The first-order chi connectivity index (χ1) is 18.5. The van der Waals surface area contributed by atoms with E-state index >= 15 is 8.78 Å². The maximum absolute atomic E-state index is 15.4. The highest BCUT2D eigenvalue weighted by Crippen LogP contribution is 2.38. The number of nitrogen functional groups attached to an aromatic ring is 1. The van der Waals surface area contributed by atoms with Crippen molar-refractivity contribution in [2.75, 3.05) is 32.2 Å². The van der Waals surface area contributed by atoms with Crippen LogP contribution in [0.4, 0.5) is 14.6 Å². The van der Waals surface area contributed by atoms with Gasteiger partial charge in [-0.3, -0.25) is 4.90 Å². The second kappa shape index (κ2) is 8.91. The molecule has 38 heavy (non-hydrogen) atoms. The van der Waals surface area contributed by atoms with E-state index < -0.39 is 11.6 Å². The highest BCUT2D eigenvalue weighted by atomic mass is 19.2. The van der Waals surface area contributed by atoms with Gasteiger partial charge in [0.15, 0.2) is 28.9 Å². The number of fused-ring (bicyclic) bond motifs is 4. The summed E-state index contributed by atoms with van der Waals surface area (Å²) in [6.45, 7) is 2.92. The van der Waals surface area contributed by atoms with E-state index in [-0.39, 0.29) is 36.0 Å². The number of hydrogen-bond donors (Lipinski definition) is 1. The molecule has 194 valence electrons. The number of hydrogen-bond acceptors (Lipinski definition) is 9. The minimum absolute atomic E-state index is 0.113. The van der Waals surface area contributed by atoms with Gasteiger partial charge in [-0.25, -0.2) is 9.37 Å². The van der Waals surface area contributed by atoms with Crippen LogP contribution in [0.15, 0.2) is 42.6 Å². The van der Waals surface area contributed by atoms with Gasteiger partial charge in [-0.05, 0) is 78.2 Å². The zero-order valence-electron chi connectivity index (χ0n) is 20.2. The number of nitrogens with zero attached hydrogens (tertiary/aromatic N) is 6. The summed E-state index contributed by atoms with van der Waals surface area (Å²) in [7, 11) is 0. The molecule has 4 aliphatic rings. The topological polar surface area (TPSA) is 113 Å². The average Bonchev–Trinajstić information content (AvgIpc) is 3.62. The van der Waals surface area contributed by atoms with Crippen LogP contribution in [-0.4, -0.2) is 62.6 Å². The monoisotopic (exact) mass is 519 g/mol. The minimum Gasteiger partial charge on any atom is -0.486 e. The molecule has 3 fully saturated rings. The number of piperidine rings is 3. The van der Waals surface area contributed by atoms with E-state index in [1.165, 1.54) is 12.1 Å². The molecule has 4 aliphatic heterocycles. The van der Waals surface area contributed by atoms with Crippen LogP contribution in [0.1, 0.15) is 12.8 Å². The van der Waals surface area contributed by atoms with Gasteiger partial charge in [-0.15, -0.1) is 5.10 Å². The highest BCUT2D eigenvalue weighted by molar-refractivity contribution is 5.77. The van der Waals surface area contributed by atoms with Crippen LogP contribution in [0.3, 0.4) is 0 Å². The number of rotatable bonds is 5. The molecule has 0 spiro atoms. The first kappa shape index (κ1) is 22.8. The summed E-state index contributed by atoms with van der Waals surface area (Å²) in [6.07, 6.45) is 3.44. The van der Waals surface area contributed by atoms with E-state index in [9.17, 15) is 0 Å². The fraction of sp³-hybridized carbons (Fsp3) is 0.308. The van der Waals surface area contributed by atoms with E-state index in [0.717, 1.165) is 42.7 Å². The second-order valence-electron chi connectivity index (χ2n) is 9.64. The Balaban J connectivity index is 1.22. The van der Waals surface area contributed by atoms with Crippen LogP contribution in [-0.2, 0) is 0 Å². The van der Waals surface area contributed by atoms with Gasteiger partial charge in [-0.1, -0.05) is 6.07 Å². The molecular weight excluding hydrogens is 496 g/mol. The quantitative estimate of drug-likeness (QED) is 0.424. The zero-order valence-corrected chi connectivity index (χ0v) is 20.2. The number of anilines is 1. The van der Waals surface area contributed by atoms with Crippen molar-refractivity contribution in [3.63, 3.8) is 0 Å². The molecule has 3 saturated heterocycles. The van der Waals surface area contributed by atoms with Crippen molar-refractivity contribution in [2.45, 2.75) is 18.9 Å². The first-order valence-electron chi connectivity index (χ1n) is 12.4. The van der Waals surface area contributed by atoms with Gasteiger partial charge < -0.3 is 19.9 Å². The van der Waals surface area contributed by atoms with Crippen LogP contribution in [0, 0.1) is 17.6 Å². The van der Waals surface area contributed by atoms with Crippen molar-refractivity contribution in [3.8, 4) is 45.5 Å².